The molecule has 1 aliphatic carbocycles. The smallest absolute Gasteiger partial charge is 0.0383 e. The fourth-order valence-corrected chi connectivity index (χ4v) is 2.61. The van der Waals surface area contributed by atoms with Crippen molar-refractivity contribution in [1.82, 2.24) is 0 Å². The van der Waals surface area contributed by atoms with E-state index in [2.05, 4.69) is 46.4 Å². The number of nitrogens with two attached hydrogens (primary N) is 1. The Kier molecular flexibility index (Phi) is 3.87. The standard InChI is InChI=1S/C13H19BrN2/c1-9-12(14)3-2-4-13(9)16-11-7-5-10(15)6-8-11/h2-4,10-11,16H,5-8,15H2,1H3. The Balaban J connectivity index is 2.01. The molecular weight excluding hydrogens is 264 g/mol. The van der Waals surface area contributed by atoms with Crippen molar-refractivity contribution >= 4 is 21.6 Å². The van der Waals surface area contributed by atoms with E-state index >= 15 is 0 Å². The first-order chi connectivity index (χ1) is 7.66. The molecule has 1 fully saturated rings. The molecule has 88 valence electrons. The first-order valence-corrected chi connectivity index (χ1v) is 6.73. The van der Waals surface area contributed by atoms with E-state index in [1.807, 2.05) is 0 Å². The molecule has 2 nitrogen and oxygen atoms in total. The molecule has 0 aliphatic heterocycles. The van der Waals surface area contributed by atoms with E-state index in [4.69, 9.17) is 5.73 Å². The van der Waals surface area contributed by atoms with Crippen LogP contribution in [-0.4, -0.2) is 12.1 Å². The van der Waals surface area contributed by atoms with Crippen molar-refractivity contribution in [2.45, 2.75) is 44.7 Å². The molecule has 0 amide bonds. The Bertz CT molecular complexity index is 357. The Morgan fingerprint density at radius 2 is 1.94 bits per heavy atom. The molecule has 1 aromatic carbocycles. The monoisotopic (exact) mass is 282 g/mol. The van der Waals surface area contributed by atoms with Crippen LogP contribution in [0.3, 0.4) is 0 Å². The molecule has 0 heterocycles. The molecular formula is C13H19BrN2. The normalized spacial score (nSPS) is 25.4. The number of rotatable bonds is 2. The minimum Gasteiger partial charge on any atom is -0.382 e. The summed E-state index contributed by atoms with van der Waals surface area (Å²) in [5, 5.41) is 3.62. The van der Waals surface area contributed by atoms with Crippen molar-refractivity contribution < 1.29 is 0 Å². The fourth-order valence-electron chi connectivity index (χ4n) is 2.25. The Morgan fingerprint density at radius 1 is 1.25 bits per heavy atom. The van der Waals surface area contributed by atoms with E-state index in [9.17, 15) is 0 Å². The molecule has 0 atom stereocenters. The highest BCUT2D eigenvalue weighted by Gasteiger charge is 2.18. The van der Waals surface area contributed by atoms with Crippen molar-refractivity contribution in [3.8, 4) is 0 Å². The minimum atomic E-state index is 0.418. The van der Waals surface area contributed by atoms with Gasteiger partial charge in [0.25, 0.3) is 0 Å². The molecule has 3 heteroatoms. The molecule has 1 saturated carbocycles. The summed E-state index contributed by atoms with van der Waals surface area (Å²) in [6, 6.07) is 7.31. The predicted molar refractivity (Wildman–Crippen MR) is 72.7 cm³/mol. The summed E-state index contributed by atoms with van der Waals surface area (Å²) in [6.45, 7) is 2.14. The van der Waals surface area contributed by atoms with Crippen molar-refractivity contribution in [1.29, 1.82) is 0 Å². The first-order valence-electron chi connectivity index (χ1n) is 5.94. The highest BCUT2D eigenvalue weighted by molar-refractivity contribution is 9.10. The number of halogens is 1. The van der Waals surface area contributed by atoms with Crippen LogP contribution in [0.5, 0.6) is 0 Å². The van der Waals surface area contributed by atoms with E-state index in [1.165, 1.54) is 28.6 Å². The number of nitrogens with one attached hydrogen (secondary N) is 1. The van der Waals surface area contributed by atoms with E-state index < -0.39 is 0 Å². The molecule has 0 saturated heterocycles. The van der Waals surface area contributed by atoms with Gasteiger partial charge >= 0.3 is 0 Å². The Labute approximate surface area is 106 Å². The van der Waals surface area contributed by atoms with Crippen LogP contribution in [-0.2, 0) is 0 Å². The predicted octanol–water partition coefficient (Wildman–Crippen LogP) is 3.44. The molecule has 16 heavy (non-hydrogen) atoms. The second kappa shape index (κ2) is 5.19. The fraction of sp³-hybridized carbons (Fsp3) is 0.538. The van der Waals surface area contributed by atoms with Gasteiger partial charge in [0, 0.05) is 22.2 Å². The molecule has 0 radical (unpaired) electrons. The van der Waals surface area contributed by atoms with Crippen LogP contribution < -0.4 is 11.1 Å². The van der Waals surface area contributed by atoms with Crippen LogP contribution in [0.25, 0.3) is 0 Å². The van der Waals surface area contributed by atoms with Gasteiger partial charge < -0.3 is 11.1 Å². The molecule has 0 bridgehead atoms. The molecule has 2 rings (SSSR count). The van der Waals surface area contributed by atoms with Gasteiger partial charge in [0.15, 0.2) is 0 Å². The zero-order valence-corrected chi connectivity index (χ0v) is 11.3. The highest BCUT2D eigenvalue weighted by Crippen LogP contribution is 2.27. The lowest BCUT2D eigenvalue weighted by Crippen LogP contribution is -2.32. The average molecular weight is 283 g/mol. The van der Waals surface area contributed by atoms with Gasteiger partial charge in [-0.3, -0.25) is 0 Å². The minimum absolute atomic E-state index is 0.418. The third-order valence-corrected chi connectivity index (χ3v) is 4.26. The maximum absolute atomic E-state index is 5.91. The number of hydrogen-bond acceptors (Lipinski definition) is 2. The van der Waals surface area contributed by atoms with Gasteiger partial charge in [0.1, 0.15) is 0 Å². The quantitative estimate of drug-likeness (QED) is 0.872. The van der Waals surface area contributed by atoms with E-state index in [1.54, 1.807) is 0 Å². The maximum Gasteiger partial charge on any atom is 0.0383 e. The second-order valence-electron chi connectivity index (χ2n) is 4.67. The summed E-state index contributed by atoms with van der Waals surface area (Å²) >= 11 is 3.56. The highest BCUT2D eigenvalue weighted by atomic mass is 79.9. The van der Waals surface area contributed by atoms with E-state index in [0.29, 0.717) is 12.1 Å². The summed E-state index contributed by atoms with van der Waals surface area (Å²) in [5.41, 5.74) is 8.44. The van der Waals surface area contributed by atoms with Gasteiger partial charge in [-0.15, -0.1) is 0 Å². The van der Waals surface area contributed by atoms with Crippen LogP contribution in [0, 0.1) is 6.92 Å². The van der Waals surface area contributed by atoms with Gasteiger partial charge in [0.05, 0.1) is 0 Å². The molecule has 0 aromatic heterocycles. The van der Waals surface area contributed by atoms with Crippen LogP contribution in [0.2, 0.25) is 0 Å². The lowest BCUT2D eigenvalue weighted by Gasteiger charge is -2.28. The van der Waals surface area contributed by atoms with Gasteiger partial charge in [-0.1, -0.05) is 22.0 Å². The Morgan fingerprint density at radius 3 is 2.62 bits per heavy atom. The van der Waals surface area contributed by atoms with Gasteiger partial charge in [-0.25, -0.2) is 0 Å². The van der Waals surface area contributed by atoms with E-state index in [0.717, 1.165) is 12.8 Å². The van der Waals surface area contributed by atoms with Crippen LogP contribution in [0.1, 0.15) is 31.2 Å². The van der Waals surface area contributed by atoms with Gasteiger partial charge in [-0.2, -0.15) is 0 Å². The zero-order chi connectivity index (χ0) is 11.5. The molecule has 0 spiro atoms. The number of anilines is 1. The lowest BCUT2D eigenvalue weighted by atomic mass is 9.91. The molecule has 3 N–H and O–H groups in total. The summed E-state index contributed by atoms with van der Waals surface area (Å²) in [5.74, 6) is 0. The SMILES string of the molecule is Cc1c(Br)cccc1NC1CCC(N)CC1. The zero-order valence-electron chi connectivity index (χ0n) is 9.67. The van der Waals surface area contributed by atoms with Crippen molar-refractivity contribution in [2.24, 2.45) is 5.73 Å². The van der Waals surface area contributed by atoms with Crippen molar-refractivity contribution in [3.63, 3.8) is 0 Å². The van der Waals surface area contributed by atoms with Crippen molar-refractivity contribution in [3.05, 3.63) is 28.2 Å². The third kappa shape index (κ3) is 2.77. The third-order valence-electron chi connectivity index (χ3n) is 3.40. The molecule has 1 aromatic rings. The number of hydrogen-bond donors (Lipinski definition) is 2. The molecule has 1 aliphatic rings. The van der Waals surface area contributed by atoms with Crippen LogP contribution in [0.4, 0.5) is 5.69 Å². The van der Waals surface area contributed by atoms with Gasteiger partial charge in [0.2, 0.25) is 0 Å². The van der Waals surface area contributed by atoms with E-state index in [-0.39, 0.29) is 0 Å². The van der Waals surface area contributed by atoms with Crippen LogP contribution >= 0.6 is 15.9 Å². The van der Waals surface area contributed by atoms with Gasteiger partial charge in [-0.05, 0) is 50.3 Å². The average Bonchev–Trinajstić information content (AvgIpc) is 2.28. The second-order valence-corrected chi connectivity index (χ2v) is 5.52. The molecule has 0 unspecified atom stereocenters. The number of benzene rings is 1. The maximum atomic E-state index is 5.91. The lowest BCUT2D eigenvalue weighted by molar-refractivity contribution is 0.411. The largest absolute Gasteiger partial charge is 0.382 e. The first kappa shape index (κ1) is 11.9. The summed E-state index contributed by atoms with van der Waals surface area (Å²) in [7, 11) is 0. The summed E-state index contributed by atoms with van der Waals surface area (Å²) in [6.07, 6.45) is 4.66. The topological polar surface area (TPSA) is 38.0 Å². The Hall–Kier alpha value is -0.540. The van der Waals surface area contributed by atoms with Crippen molar-refractivity contribution in [2.75, 3.05) is 5.32 Å². The van der Waals surface area contributed by atoms with Crippen LogP contribution in [0.15, 0.2) is 22.7 Å². The summed E-state index contributed by atoms with van der Waals surface area (Å²) < 4.78 is 1.17. The summed E-state index contributed by atoms with van der Waals surface area (Å²) in [4.78, 5) is 0.